The smallest absolute Gasteiger partial charge is 0.127 e. The molecule has 2 aliphatic rings. The molecule has 1 saturated carbocycles. The van der Waals surface area contributed by atoms with Gasteiger partial charge in [0.25, 0.3) is 0 Å². The molecule has 0 aromatic carbocycles. The predicted octanol–water partition coefficient (Wildman–Crippen LogP) is -2.40. The summed E-state index contributed by atoms with van der Waals surface area (Å²) in [6.45, 7) is -0.664. The summed E-state index contributed by atoms with van der Waals surface area (Å²) in [6.07, 6.45) is -1.61. The van der Waals surface area contributed by atoms with E-state index in [0.29, 0.717) is 0 Å². The predicted molar refractivity (Wildman–Crippen MR) is 37.3 cm³/mol. The molecule has 1 heterocycles. The Morgan fingerprint density at radius 1 is 1.42 bits per heavy atom. The summed E-state index contributed by atoms with van der Waals surface area (Å²) in [5.41, 5.74) is -2.35. The number of fused-ring (bicyclic) bond motifs is 1. The van der Waals surface area contributed by atoms with Gasteiger partial charge in [-0.1, -0.05) is 0 Å². The van der Waals surface area contributed by atoms with Gasteiger partial charge in [0.15, 0.2) is 0 Å². The van der Waals surface area contributed by atoms with Gasteiger partial charge < -0.3 is 25.2 Å². The standard InChI is InChI=1S/C7H12O5/c8-1-4-5(10)7(11)2-6(7,3-9)12-4/h4-5,8-11H,1-3H2. The first kappa shape index (κ1) is 8.40. The van der Waals surface area contributed by atoms with E-state index in [4.69, 9.17) is 14.9 Å². The number of ether oxygens (including phenoxy) is 1. The lowest BCUT2D eigenvalue weighted by Gasteiger charge is -2.16. The average molecular weight is 176 g/mol. The molecule has 4 atom stereocenters. The Hall–Kier alpha value is -0.200. The molecule has 0 aromatic rings. The van der Waals surface area contributed by atoms with Crippen molar-refractivity contribution in [2.75, 3.05) is 13.2 Å². The first-order chi connectivity index (χ1) is 5.59. The summed E-state index contributed by atoms with van der Waals surface area (Å²) in [4.78, 5) is 0. The molecule has 2 rings (SSSR count). The summed E-state index contributed by atoms with van der Waals surface area (Å²) in [5.74, 6) is 0. The van der Waals surface area contributed by atoms with E-state index in [2.05, 4.69) is 0 Å². The molecule has 0 spiro atoms. The summed E-state index contributed by atoms with van der Waals surface area (Å²) in [5, 5.41) is 36.7. The Balaban J connectivity index is 2.18. The second-order valence-corrected chi connectivity index (χ2v) is 3.54. The zero-order valence-electron chi connectivity index (χ0n) is 6.47. The first-order valence-corrected chi connectivity index (χ1v) is 3.90. The quantitative estimate of drug-likeness (QED) is 0.377. The molecule has 1 aliphatic heterocycles. The van der Waals surface area contributed by atoms with E-state index in [9.17, 15) is 10.2 Å². The van der Waals surface area contributed by atoms with Gasteiger partial charge in [0.1, 0.15) is 23.4 Å². The number of aliphatic hydroxyl groups is 4. The zero-order valence-corrected chi connectivity index (χ0v) is 6.47. The van der Waals surface area contributed by atoms with Crippen molar-refractivity contribution < 1.29 is 25.2 Å². The zero-order chi connectivity index (χ0) is 8.98. The number of aliphatic hydroxyl groups excluding tert-OH is 3. The Bertz CT molecular complexity index is 206. The topological polar surface area (TPSA) is 90.2 Å². The van der Waals surface area contributed by atoms with Gasteiger partial charge in [-0.2, -0.15) is 0 Å². The van der Waals surface area contributed by atoms with Crippen LogP contribution in [0.15, 0.2) is 0 Å². The van der Waals surface area contributed by atoms with Crippen LogP contribution in [0.1, 0.15) is 6.42 Å². The summed E-state index contributed by atoms with van der Waals surface area (Å²) >= 11 is 0. The second-order valence-electron chi connectivity index (χ2n) is 3.54. The van der Waals surface area contributed by atoms with Crippen molar-refractivity contribution in [3.05, 3.63) is 0 Å². The van der Waals surface area contributed by atoms with Crippen molar-refractivity contribution in [1.29, 1.82) is 0 Å². The molecular formula is C7H12O5. The van der Waals surface area contributed by atoms with Gasteiger partial charge in [0.05, 0.1) is 13.2 Å². The van der Waals surface area contributed by atoms with E-state index in [1.54, 1.807) is 0 Å². The van der Waals surface area contributed by atoms with Crippen molar-refractivity contribution in [3.8, 4) is 0 Å². The fraction of sp³-hybridized carbons (Fsp3) is 1.00. The average Bonchev–Trinajstić information content (AvgIpc) is 2.62. The normalized spacial score (nSPS) is 57.0. The van der Waals surface area contributed by atoms with Crippen LogP contribution in [0.5, 0.6) is 0 Å². The molecule has 2 fully saturated rings. The van der Waals surface area contributed by atoms with Crippen LogP contribution in [0.3, 0.4) is 0 Å². The monoisotopic (exact) mass is 176 g/mol. The highest BCUT2D eigenvalue weighted by atomic mass is 16.6. The lowest BCUT2D eigenvalue weighted by Crippen LogP contribution is -2.37. The van der Waals surface area contributed by atoms with Crippen LogP contribution in [0, 0.1) is 0 Å². The Morgan fingerprint density at radius 3 is 2.42 bits per heavy atom. The molecule has 0 aromatic heterocycles. The van der Waals surface area contributed by atoms with E-state index in [1.165, 1.54) is 0 Å². The maximum Gasteiger partial charge on any atom is 0.127 e. The molecule has 4 unspecified atom stereocenters. The minimum atomic E-state index is -1.34. The van der Waals surface area contributed by atoms with Gasteiger partial charge >= 0.3 is 0 Å². The molecular weight excluding hydrogens is 164 g/mol. The second kappa shape index (κ2) is 2.18. The highest BCUT2D eigenvalue weighted by Crippen LogP contribution is 2.59. The van der Waals surface area contributed by atoms with Gasteiger partial charge in [0, 0.05) is 6.42 Å². The van der Waals surface area contributed by atoms with Crippen LogP contribution in [0.25, 0.3) is 0 Å². The summed E-state index contributed by atoms with van der Waals surface area (Å²) in [6, 6.07) is 0. The maximum absolute atomic E-state index is 9.64. The van der Waals surface area contributed by atoms with Gasteiger partial charge in [0.2, 0.25) is 0 Å². The third kappa shape index (κ3) is 0.705. The molecule has 5 nitrogen and oxygen atoms in total. The third-order valence-electron chi connectivity index (χ3n) is 2.87. The SMILES string of the molecule is OCC1OC2(CO)CC2(O)C1O. The van der Waals surface area contributed by atoms with Crippen LogP contribution in [-0.4, -0.2) is 57.0 Å². The lowest BCUT2D eigenvalue weighted by molar-refractivity contribution is -0.0742. The molecule has 1 saturated heterocycles. The van der Waals surface area contributed by atoms with Crippen LogP contribution < -0.4 is 0 Å². The molecule has 5 heteroatoms. The number of hydrogen-bond donors (Lipinski definition) is 4. The fourth-order valence-electron chi connectivity index (χ4n) is 1.94. The molecule has 0 radical (unpaired) electrons. The molecule has 1 aliphatic carbocycles. The molecule has 4 N–H and O–H groups in total. The van der Waals surface area contributed by atoms with Crippen molar-refractivity contribution in [2.24, 2.45) is 0 Å². The van der Waals surface area contributed by atoms with Crippen LogP contribution >= 0.6 is 0 Å². The van der Waals surface area contributed by atoms with Crippen molar-refractivity contribution >= 4 is 0 Å². The van der Waals surface area contributed by atoms with Gasteiger partial charge in [-0.15, -0.1) is 0 Å². The minimum absolute atomic E-state index is 0.244. The molecule has 0 amide bonds. The van der Waals surface area contributed by atoms with Gasteiger partial charge in [-0.05, 0) is 0 Å². The highest BCUT2D eigenvalue weighted by Gasteiger charge is 2.78. The van der Waals surface area contributed by atoms with E-state index in [-0.39, 0.29) is 19.6 Å². The fourth-order valence-corrected chi connectivity index (χ4v) is 1.94. The maximum atomic E-state index is 9.64. The largest absolute Gasteiger partial charge is 0.394 e. The summed E-state index contributed by atoms with van der Waals surface area (Å²) < 4.78 is 5.14. The van der Waals surface area contributed by atoms with Gasteiger partial charge in [-0.25, -0.2) is 0 Å². The Labute approximate surface area is 69.2 Å². The van der Waals surface area contributed by atoms with Gasteiger partial charge in [-0.3, -0.25) is 0 Å². The lowest BCUT2D eigenvalue weighted by atomic mass is 10.1. The molecule has 0 bridgehead atoms. The summed E-state index contributed by atoms with van der Waals surface area (Å²) in [7, 11) is 0. The highest BCUT2D eigenvalue weighted by molar-refractivity contribution is 5.28. The van der Waals surface area contributed by atoms with Crippen LogP contribution in [-0.2, 0) is 4.74 Å². The first-order valence-electron chi connectivity index (χ1n) is 3.90. The Morgan fingerprint density at radius 2 is 2.08 bits per heavy atom. The van der Waals surface area contributed by atoms with E-state index in [1.807, 2.05) is 0 Å². The number of hydrogen-bond acceptors (Lipinski definition) is 5. The number of rotatable bonds is 2. The van der Waals surface area contributed by atoms with E-state index in [0.717, 1.165) is 0 Å². The molecule has 12 heavy (non-hydrogen) atoms. The van der Waals surface area contributed by atoms with Crippen LogP contribution in [0.2, 0.25) is 0 Å². The minimum Gasteiger partial charge on any atom is -0.394 e. The van der Waals surface area contributed by atoms with E-state index >= 15 is 0 Å². The van der Waals surface area contributed by atoms with Crippen molar-refractivity contribution in [3.63, 3.8) is 0 Å². The molecule has 70 valence electrons. The van der Waals surface area contributed by atoms with Crippen molar-refractivity contribution in [1.82, 2.24) is 0 Å². The third-order valence-corrected chi connectivity index (χ3v) is 2.87. The van der Waals surface area contributed by atoms with Crippen LogP contribution in [0.4, 0.5) is 0 Å². The van der Waals surface area contributed by atoms with Crippen molar-refractivity contribution in [2.45, 2.75) is 29.8 Å². The van der Waals surface area contributed by atoms with E-state index < -0.39 is 23.4 Å². The Kier molecular flexibility index (Phi) is 1.53.